The monoisotopic (exact) mass is 456 g/mol. The van der Waals surface area contributed by atoms with Gasteiger partial charge >= 0.3 is 6.36 Å². The highest BCUT2D eigenvalue weighted by molar-refractivity contribution is 5.95. The molecule has 1 aliphatic heterocycles. The van der Waals surface area contributed by atoms with E-state index in [1.54, 1.807) is 0 Å². The first-order valence-electron chi connectivity index (χ1n) is 9.58. The number of phenolic OH excluding ortho intramolecular Hbond substituents is 1. The van der Waals surface area contributed by atoms with Crippen molar-refractivity contribution in [1.82, 2.24) is 4.90 Å². The third-order valence-corrected chi connectivity index (χ3v) is 4.86. The van der Waals surface area contributed by atoms with Gasteiger partial charge in [0.25, 0.3) is 5.91 Å². The molecule has 0 spiro atoms. The molecule has 7 nitrogen and oxygen atoms in total. The van der Waals surface area contributed by atoms with Crippen LogP contribution in [0.1, 0.15) is 22.3 Å². The van der Waals surface area contributed by atoms with Crippen molar-refractivity contribution in [3.63, 3.8) is 0 Å². The van der Waals surface area contributed by atoms with Crippen molar-refractivity contribution in [3.05, 3.63) is 53.6 Å². The van der Waals surface area contributed by atoms with E-state index in [1.165, 1.54) is 29.2 Å². The molecule has 3 rings (SSSR count). The van der Waals surface area contributed by atoms with Crippen LogP contribution in [0, 0.1) is 0 Å². The molecule has 2 aromatic carbocycles. The number of carbonyl (C=O) groups excluding carboxylic acids is 2. The highest BCUT2D eigenvalue weighted by Gasteiger charge is 2.34. The number of benzene rings is 2. The Morgan fingerprint density at radius 1 is 1.16 bits per heavy atom. The van der Waals surface area contributed by atoms with Gasteiger partial charge in [-0.15, -0.1) is 13.2 Å². The Morgan fingerprint density at radius 2 is 1.84 bits per heavy atom. The third-order valence-electron chi connectivity index (χ3n) is 4.86. The average Bonchev–Trinajstić information content (AvgIpc) is 2.69. The number of carbonyl (C=O) groups is 2. The van der Waals surface area contributed by atoms with E-state index in [1.807, 2.05) is 0 Å². The van der Waals surface area contributed by atoms with Crippen molar-refractivity contribution in [3.8, 4) is 17.2 Å². The maximum Gasteiger partial charge on any atom is 0.573 e. The zero-order valence-corrected chi connectivity index (χ0v) is 16.6. The third kappa shape index (κ3) is 6.02. The van der Waals surface area contributed by atoms with Gasteiger partial charge in [-0.05, 0) is 29.8 Å². The average molecular weight is 456 g/mol. The molecule has 1 heterocycles. The molecule has 1 aliphatic rings. The van der Waals surface area contributed by atoms with Crippen LogP contribution >= 0.6 is 0 Å². The second kappa shape index (κ2) is 9.33. The summed E-state index contributed by atoms with van der Waals surface area (Å²) < 4.78 is 60.7. The molecular formula is C21H20F4N2O5. The molecule has 0 aromatic heterocycles. The summed E-state index contributed by atoms with van der Waals surface area (Å²) in [6.45, 7) is -0.0899. The van der Waals surface area contributed by atoms with Gasteiger partial charge in [0.05, 0.1) is 18.5 Å². The second-order valence-electron chi connectivity index (χ2n) is 7.21. The smallest absolute Gasteiger partial charge is 0.508 e. The summed E-state index contributed by atoms with van der Waals surface area (Å²) in [6.07, 6.45) is -7.34. The maximum atomic E-state index is 14.7. The molecule has 1 saturated heterocycles. The summed E-state index contributed by atoms with van der Waals surface area (Å²) in [4.78, 5) is 25.3. The van der Waals surface area contributed by atoms with Gasteiger partial charge in [0.2, 0.25) is 5.91 Å². The molecule has 32 heavy (non-hydrogen) atoms. The van der Waals surface area contributed by atoms with Crippen LogP contribution in [0.3, 0.4) is 0 Å². The van der Waals surface area contributed by atoms with Gasteiger partial charge in [-0.1, -0.05) is 12.1 Å². The second-order valence-corrected chi connectivity index (χ2v) is 7.21. The van der Waals surface area contributed by atoms with Gasteiger partial charge in [0.15, 0.2) is 6.17 Å². The van der Waals surface area contributed by atoms with Crippen molar-refractivity contribution in [2.75, 3.05) is 13.1 Å². The molecule has 0 radical (unpaired) electrons. The summed E-state index contributed by atoms with van der Waals surface area (Å²) in [6, 6.07) is 8.53. The minimum absolute atomic E-state index is 0.00791. The van der Waals surface area contributed by atoms with E-state index < -0.39 is 36.2 Å². The quantitative estimate of drug-likeness (QED) is 0.651. The molecule has 11 heteroatoms. The molecule has 0 saturated carbocycles. The number of piperidine rings is 1. The molecule has 0 aliphatic carbocycles. The minimum atomic E-state index is -4.81. The van der Waals surface area contributed by atoms with Crippen LogP contribution in [-0.4, -0.2) is 53.5 Å². The molecule has 2 aromatic rings. The van der Waals surface area contributed by atoms with E-state index in [4.69, 9.17) is 10.5 Å². The summed E-state index contributed by atoms with van der Waals surface area (Å²) >= 11 is 0. The standard InChI is InChI=1S/C21H20F4N2O5/c22-16-11-27(19(29)9-12-1-4-14(5-2-12)32-21(23,24)25)8-7-17(16)31-18-10-13(28)3-6-15(18)20(26)30/h1-6,10,16-17,28H,7-9,11H2,(H2,26,30)/t16?,17-/m0/s1. The van der Waals surface area contributed by atoms with Crippen molar-refractivity contribution in [2.24, 2.45) is 5.73 Å². The number of alkyl halides is 4. The van der Waals surface area contributed by atoms with Crippen LogP contribution in [0.5, 0.6) is 17.2 Å². The fraction of sp³-hybridized carbons (Fsp3) is 0.333. The van der Waals surface area contributed by atoms with Crippen LogP contribution in [0.15, 0.2) is 42.5 Å². The van der Waals surface area contributed by atoms with Gasteiger partial charge in [0.1, 0.15) is 23.4 Å². The van der Waals surface area contributed by atoms with Crippen molar-refractivity contribution < 1.29 is 41.7 Å². The largest absolute Gasteiger partial charge is 0.573 e. The molecule has 0 bridgehead atoms. The number of halogens is 4. The predicted octanol–water partition coefficient (Wildman–Crippen LogP) is 2.95. The highest BCUT2D eigenvalue weighted by Crippen LogP contribution is 2.28. The molecule has 2 amide bonds. The maximum absolute atomic E-state index is 14.7. The Labute approximate surface area is 180 Å². The van der Waals surface area contributed by atoms with Crippen LogP contribution in [0.25, 0.3) is 0 Å². The molecule has 1 unspecified atom stereocenters. The Bertz CT molecular complexity index is 981. The molecule has 1 fully saturated rings. The molecular weight excluding hydrogens is 436 g/mol. The Morgan fingerprint density at radius 3 is 2.44 bits per heavy atom. The predicted molar refractivity (Wildman–Crippen MR) is 104 cm³/mol. The topological polar surface area (TPSA) is 102 Å². The molecule has 2 atom stereocenters. The van der Waals surface area contributed by atoms with E-state index >= 15 is 0 Å². The molecule has 3 N–H and O–H groups in total. The number of amides is 2. The first-order chi connectivity index (χ1) is 15.0. The van der Waals surface area contributed by atoms with Gasteiger partial charge in [-0.3, -0.25) is 9.59 Å². The van der Waals surface area contributed by atoms with E-state index in [0.717, 1.165) is 18.2 Å². The summed E-state index contributed by atoms with van der Waals surface area (Å²) in [5.41, 5.74) is 5.71. The van der Waals surface area contributed by atoms with Crippen LogP contribution in [-0.2, 0) is 11.2 Å². The van der Waals surface area contributed by atoms with Gasteiger partial charge in [0, 0.05) is 19.0 Å². The number of nitrogens with zero attached hydrogens (tertiary/aromatic N) is 1. The Balaban J connectivity index is 1.58. The number of ether oxygens (including phenoxy) is 2. The van der Waals surface area contributed by atoms with Crippen molar-refractivity contribution >= 4 is 11.8 Å². The first kappa shape index (κ1) is 23.2. The SMILES string of the molecule is NC(=O)c1ccc(O)cc1O[C@H]1CCN(C(=O)Cc2ccc(OC(F)(F)F)cc2)CC1F. The number of nitrogens with two attached hydrogens (primary N) is 1. The van der Waals surface area contributed by atoms with Gasteiger partial charge in [-0.2, -0.15) is 0 Å². The zero-order valence-electron chi connectivity index (χ0n) is 16.6. The van der Waals surface area contributed by atoms with E-state index in [9.17, 15) is 32.3 Å². The van der Waals surface area contributed by atoms with E-state index in [0.29, 0.717) is 5.56 Å². The lowest BCUT2D eigenvalue weighted by Gasteiger charge is -2.35. The normalized spacial score (nSPS) is 18.8. The number of hydrogen-bond donors (Lipinski definition) is 2. The number of aromatic hydroxyl groups is 1. The number of primary amides is 1. The van der Waals surface area contributed by atoms with Crippen molar-refractivity contribution in [1.29, 1.82) is 0 Å². The van der Waals surface area contributed by atoms with E-state index in [2.05, 4.69) is 4.74 Å². The Hall–Kier alpha value is -3.50. The fourth-order valence-electron chi connectivity index (χ4n) is 3.31. The van der Waals surface area contributed by atoms with Crippen LogP contribution in [0.4, 0.5) is 17.6 Å². The lowest BCUT2D eigenvalue weighted by Crippen LogP contribution is -2.49. The summed E-state index contributed by atoms with van der Waals surface area (Å²) in [5, 5.41) is 9.60. The lowest BCUT2D eigenvalue weighted by molar-refractivity contribution is -0.274. The van der Waals surface area contributed by atoms with Crippen molar-refractivity contribution in [2.45, 2.75) is 31.5 Å². The number of rotatable bonds is 6. The number of likely N-dealkylation sites (tertiary alicyclic amines) is 1. The summed E-state index contributed by atoms with van der Waals surface area (Å²) in [7, 11) is 0. The summed E-state index contributed by atoms with van der Waals surface area (Å²) in [5.74, 6) is -1.83. The minimum Gasteiger partial charge on any atom is -0.508 e. The fourth-order valence-corrected chi connectivity index (χ4v) is 3.31. The van der Waals surface area contributed by atoms with Gasteiger partial charge < -0.3 is 25.2 Å². The van der Waals surface area contributed by atoms with Crippen LogP contribution < -0.4 is 15.2 Å². The zero-order chi connectivity index (χ0) is 23.5. The Kier molecular flexibility index (Phi) is 6.75. The van der Waals surface area contributed by atoms with E-state index in [-0.39, 0.29) is 43.0 Å². The number of phenols is 1. The lowest BCUT2D eigenvalue weighted by atomic mass is 10.0. The number of hydrogen-bond acceptors (Lipinski definition) is 5. The first-order valence-corrected chi connectivity index (χ1v) is 9.58. The van der Waals surface area contributed by atoms with Crippen LogP contribution in [0.2, 0.25) is 0 Å². The highest BCUT2D eigenvalue weighted by atomic mass is 19.4. The van der Waals surface area contributed by atoms with Gasteiger partial charge in [-0.25, -0.2) is 4.39 Å². The molecule has 172 valence electrons.